The number of halogens is 3. The van der Waals surface area contributed by atoms with Crippen LogP contribution in [0.1, 0.15) is 19.8 Å². The molecule has 1 rings (SSSR count). The van der Waals surface area contributed by atoms with Crippen molar-refractivity contribution in [1.82, 2.24) is 0 Å². The van der Waals surface area contributed by atoms with Gasteiger partial charge in [0.1, 0.15) is 0 Å². The first-order chi connectivity index (χ1) is 8.59. The summed E-state index contributed by atoms with van der Waals surface area (Å²) < 4.78 is 41.7. The molecule has 0 bridgehead atoms. The van der Waals surface area contributed by atoms with Gasteiger partial charge in [-0.2, -0.15) is 13.2 Å². The fourth-order valence-electron chi connectivity index (χ4n) is 1.35. The smallest absolute Gasteiger partial charge is 0.475 e. The van der Waals surface area contributed by atoms with Crippen LogP contribution in [0.4, 0.5) is 13.2 Å². The minimum Gasteiger partial charge on any atom is -0.475 e. The summed E-state index contributed by atoms with van der Waals surface area (Å²) in [5.41, 5.74) is 5.62. The van der Waals surface area contributed by atoms with Crippen molar-refractivity contribution in [3.05, 3.63) is 0 Å². The first-order valence-corrected chi connectivity index (χ1v) is 5.38. The van der Waals surface area contributed by atoms with E-state index < -0.39 is 18.2 Å². The van der Waals surface area contributed by atoms with Crippen molar-refractivity contribution >= 4 is 11.9 Å². The molecular formula is C10H16F3NO5. The van der Waals surface area contributed by atoms with Gasteiger partial charge in [-0.25, -0.2) is 9.59 Å². The molecule has 0 aromatic carbocycles. The second-order valence-corrected chi connectivity index (χ2v) is 3.93. The third-order valence-corrected chi connectivity index (χ3v) is 2.35. The van der Waals surface area contributed by atoms with Crippen LogP contribution in [0.15, 0.2) is 0 Å². The summed E-state index contributed by atoms with van der Waals surface area (Å²) in [6, 6.07) is -0.0142. The molecule has 0 aromatic heterocycles. The number of ether oxygens (including phenoxy) is 2. The molecule has 9 heteroatoms. The van der Waals surface area contributed by atoms with Gasteiger partial charge in [-0.3, -0.25) is 0 Å². The van der Waals surface area contributed by atoms with Crippen molar-refractivity contribution in [2.75, 3.05) is 7.11 Å². The highest BCUT2D eigenvalue weighted by Crippen LogP contribution is 2.22. The summed E-state index contributed by atoms with van der Waals surface area (Å²) in [6.45, 7) is 1.88. The summed E-state index contributed by atoms with van der Waals surface area (Å²) in [5, 5.41) is 7.12. The van der Waals surface area contributed by atoms with Crippen LogP contribution < -0.4 is 5.73 Å². The zero-order valence-electron chi connectivity index (χ0n) is 10.4. The Morgan fingerprint density at radius 3 is 2.16 bits per heavy atom. The number of nitrogens with two attached hydrogens (primary N) is 1. The third kappa shape index (κ3) is 6.39. The molecule has 1 aliphatic heterocycles. The van der Waals surface area contributed by atoms with E-state index in [4.69, 9.17) is 20.4 Å². The van der Waals surface area contributed by atoms with Crippen LogP contribution in [0, 0.1) is 0 Å². The van der Waals surface area contributed by atoms with E-state index in [0.717, 1.165) is 12.8 Å². The zero-order valence-corrected chi connectivity index (χ0v) is 10.4. The molecule has 0 radical (unpaired) electrons. The van der Waals surface area contributed by atoms with E-state index in [1.807, 2.05) is 6.92 Å². The van der Waals surface area contributed by atoms with Gasteiger partial charge in [0.05, 0.1) is 13.2 Å². The molecule has 19 heavy (non-hydrogen) atoms. The van der Waals surface area contributed by atoms with Gasteiger partial charge in [-0.05, 0) is 19.8 Å². The van der Waals surface area contributed by atoms with E-state index in [-0.39, 0.29) is 18.1 Å². The maximum Gasteiger partial charge on any atom is 0.490 e. The molecule has 3 atom stereocenters. The van der Waals surface area contributed by atoms with Gasteiger partial charge in [0.2, 0.25) is 0 Å². The van der Waals surface area contributed by atoms with Gasteiger partial charge >= 0.3 is 18.1 Å². The van der Waals surface area contributed by atoms with Gasteiger partial charge in [0.15, 0.2) is 6.10 Å². The number of rotatable bonds is 2. The van der Waals surface area contributed by atoms with E-state index >= 15 is 0 Å². The first-order valence-electron chi connectivity index (χ1n) is 5.38. The van der Waals surface area contributed by atoms with Crippen LogP contribution in [-0.2, 0) is 19.1 Å². The average Bonchev–Trinajstić information content (AvgIpc) is 2.76. The number of carboxylic acids is 1. The minimum atomic E-state index is -5.08. The second-order valence-electron chi connectivity index (χ2n) is 3.93. The van der Waals surface area contributed by atoms with E-state index in [1.165, 1.54) is 7.11 Å². The summed E-state index contributed by atoms with van der Waals surface area (Å²) in [6.07, 6.45) is -3.91. The summed E-state index contributed by atoms with van der Waals surface area (Å²) in [5.74, 6) is -3.05. The number of carboxylic acid groups (broad SMARTS) is 1. The van der Waals surface area contributed by atoms with E-state index in [0.29, 0.717) is 0 Å². The molecule has 6 nitrogen and oxygen atoms in total. The summed E-state index contributed by atoms with van der Waals surface area (Å²) >= 11 is 0. The van der Waals surface area contributed by atoms with Crippen molar-refractivity contribution in [3.8, 4) is 0 Å². The predicted molar refractivity (Wildman–Crippen MR) is 57.3 cm³/mol. The fraction of sp³-hybridized carbons (Fsp3) is 0.800. The van der Waals surface area contributed by atoms with Gasteiger partial charge in [-0.1, -0.05) is 0 Å². The Morgan fingerprint density at radius 1 is 1.42 bits per heavy atom. The lowest BCUT2D eigenvalue weighted by molar-refractivity contribution is -0.192. The SMILES string of the molecule is COC(=O)[C@H]1CC[C@H]([C@H](C)N)O1.O=C(O)C(F)(F)F. The van der Waals surface area contributed by atoms with Crippen LogP contribution >= 0.6 is 0 Å². The molecule has 0 spiro atoms. The van der Waals surface area contributed by atoms with Crippen LogP contribution in [-0.4, -0.2) is 48.6 Å². The normalized spacial score (nSPS) is 24.1. The van der Waals surface area contributed by atoms with Crippen LogP contribution in [0.5, 0.6) is 0 Å². The van der Waals surface area contributed by atoms with Crippen molar-refractivity contribution in [3.63, 3.8) is 0 Å². The molecule has 112 valence electrons. The number of carbonyl (C=O) groups is 2. The van der Waals surface area contributed by atoms with Crippen LogP contribution in [0.2, 0.25) is 0 Å². The number of hydrogen-bond acceptors (Lipinski definition) is 5. The topological polar surface area (TPSA) is 98.9 Å². The Bertz CT molecular complexity index is 319. The Labute approximate surface area is 107 Å². The monoisotopic (exact) mass is 287 g/mol. The van der Waals surface area contributed by atoms with Crippen molar-refractivity contribution in [2.45, 2.75) is 44.2 Å². The molecule has 1 aliphatic rings. The first kappa shape index (κ1) is 17.6. The molecule has 0 unspecified atom stereocenters. The molecular weight excluding hydrogens is 271 g/mol. The molecule has 0 aromatic rings. The highest BCUT2D eigenvalue weighted by atomic mass is 19.4. The molecule has 1 heterocycles. The highest BCUT2D eigenvalue weighted by Gasteiger charge is 2.38. The number of alkyl halides is 3. The van der Waals surface area contributed by atoms with Gasteiger partial charge in [-0.15, -0.1) is 0 Å². The van der Waals surface area contributed by atoms with E-state index in [2.05, 4.69) is 4.74 Å². The lowest BCUT2D eigenvalue weighted by Crippen LogP contribution is -2.33. The van der Waals surface area contributed by atoms with Gasteiger partial charge < -0.3 is 20.3 Å². The lowest BCUT2D eigenvalue weighted by Gasteiger charge is -2.14. The molecule has 1 saturated heterocycles. The van der Waals surface area contributed by atoms with Gasteiger partial charge in [0, 0.05) is 6.04 Å². The maximum absolute atomic E-state index is 11.0. The molecule has 0 amide bonds. The molecule has 3 N–H and O–H groups in total. The highest BCUT2D eigenvalue weighted by molar-refractivity contribution is 5.74. The lowest BCUT2D eigenvalue weighted by atomic mass is 10.1. The Hall–Kier alpha value is -1.35. The molecule has 1 fully saturated rings. The quantitative estimate of drug-likeness (QED) is 0.725. The third-order valence-electron chi connectivity index (χ3n) is 2.35. The van der Waals surface area contributed by atoms with Gasteiger partial charge in [0.25, 0.3) is 0 Å². The Morgan fingerprint density at radius 2 is 1.89 bits per heavy atom. The summed E-state index contributed by atoms with van der Waals surface area (Å²) in [7, 11) is 1.37. The number of methoxy groups -OCH3 is 1. The number of hydrogen-bond donors (Lipinski definition) is 2. The largest absolute Gasteiger partial charge is 0.490 e. The standard InChI is InChI=1S/C8H15NO3.C2HF3O2/c1-5(9)6-3-4-7(12-6)8(10)11-2;3-2(4,5)1(6)7/h5-7H,3-4,9H2,1-2H3;(H,6,7)/t5-,6+,7+;/m0./s1. The van der Waals surface area contributed by atoms with E-state index in [9.17, 15) is 18.0 Å². The van der Waals surface area contributed by atoms with Crippen LogP contribution in [0.25, 0.3) is 0 Å². The van der Waals surface area contributed by atoms with Crippen molar-refractivity contribution in [2.24, 2.45) is 5.73 Å². The van der Waals surface area contributed by atoms with Crippen molar-refractivity contribution < 1.29 is 37.3 Å². The summed E-state index contributed by atoms with van der Waals surface area (Å²) in [4.78, 5) is 19.9. The average molecular weight is 287 g/mol. The second kappa shape index (κ2) is 7.29. The van der Waals surface area contributed by atoms with Crippen LogP contribution in [0.3, 0.4) is 0 Å². The molecule has 0 saturated carbocycles. The van der Waals surface area contributed by atoms with E-state index in [1.54, 1.807) is 0 Å². The predicted octanol–water partition coefficient (Wildman–Crippen LogP) is 0.687. The number of esters is 1. The zero-order chi connectivity index (χ0) is 15.2. The molecule has 0 aliphatic carbocycles. The number of carbonyl (C=O) groups excluding carboxylic acids is 1. The maximum atomic E-state index is 11.0. The Kier molecular flexibility index (Phi) is 6.77. The van der Waals surface area contributed by atoms with Crippen molar-refractivity contribution in [1.29, 1.82) is 0 Å². The fourth-order valence-corrected chi connectivity index (χ4v) is 1.35. The minimum absolute atomic E-state index is 0.00843. The Balaban J connectivity index is 0.000000399. The number of aliphatic carboxylic acids is 1.